The van der Waals surface area contributed by atoms with E-state index in [9.17, 15) is 4.79 Å². The van der Waals surface area contributed by atoms with Crippen molar-refractivity contribution in [1.82, 2.24) is 14.9 Å². The molecule has 28 heavy (non-hydrogen) atoms. The van der Waals surface area contributed by atoms with E-state index in [1.165, 1.54) is 0 Å². The van der Waals surface area contributed by atoms with Crippen molar-refractivity contribution in [1.29, 1.82) is 0 Å². The van der Waals surface area contributed by atoms with Crippen molar-refractivity contribution in [2.75, 3.05) is 14.2 Å². The highest BCUT2D eigenvalue weighted by molar-refractivity contribution is 5.94. The Morgan fingerprint density at radius 2 is 1.86 bits per heavy atom. The number of benzene rings is 2. The normalized spacial score (nSPS) is 11.0. The summed E-state index contributed by atoms with van der Waals surface area (Å²) in [6, 6.07) is 13.2. The second-order valence-electron chi connectivity index (χ2n) is 7.10. The lowest BCUT2D eigenvalue weighted by molar-refractivity contribution is 0.0949. The third-order valence-electron chi connectivity index (χ3n) is 4.72. The fourth-order valence-electron chi connectivity index (χ4n) is 3.14. The lowest BCUT2D eigenvalue weighted by Crippen LogP contribution is -2.25. The fraction of sp³-hybridized carbons (Fsp3) is 0.364. The number of hydrogen-bond donors (Lipinski definition) is 1. The molecule has 0 fully saturated rings. The van der Waals surface area contributed by atoms with Crippen LogP contribution in [0.3, 0.4) is 0 Å². The molecule has 0 spiro atoms. The van der Waals surface area contributed by atoms with Crippen LogP contribution in [0, 0.1) is 5.92 Å². The summed E-state index contributed by atoms with van der Waals surface area (Å²) in [6.07, 6.45) is 1.05. The number of nitrogens with zero attached hydrogens (tertiary/aromatic N) is 2. The van der Waals surface area contributed by atoms with E-state index in [0.717, 1.165) is 29.8 Å². The molecular formula is C22H27N3O3. The van der Waals surface area contributed by atoms with Gasteiger partial charge in [0, 0.05) is 12.1 Å². The first-order valence-electron chi connectivity index (χ1n) is 9.47. The van der Waals surface area contributed by atoms with Crippen LogP contribution in [0.5, 0.6) is 11.5 Å². The molecule has 0 atom stereocenters. The second-order valence-corrected chi connectivity index (χ2v) is 7.10. The molecule has 1 aromatic heterocycles. The number of aryl methyl sites for hydroxylation is 1. The summed E-state index contributed by atoms with van der Waals surface area (Å²) in [6.45, 7) is 5.65. The molecule has 0 unspecified atom stereocenters. The zero-order chi connectivity index (χ0) is 20.1. The van der Waals surface area contributed by atoms with Gasteiger partial charge in [-0.25, -0.2) is 4.98 Å². The summed E-state index contributed by atoms with van der Waals surface area (Å²) in [5, 5.41) is 2.97. The number of nitrogens with one attached hydrogen (secondary N) is 1. The molecular weight excluding hydrogens is 354 g/mol. The zero-order valence-corrected chi connectivity index (χ0v) is 16.9. The Hall–Kier alpha value is -3.02. The molecule has 0 saturated heterocycles. The van der Waals surface area contributed by atoms with Crippen molar-refractivity contribution < 1.29 is 14.3 Å². The molecule has 0 aliphatic carbocycles. The molecule has 1 N–H and O–H groups in total. The minimum Gasteiger partial charge on any atom is -0.493 e. The molecule has 0 saturated carbocycles. The maximum absolute atomic E-state index is 12.6. The predicted octanol–water partition coefficient (Wildman–Crippen LogP) is 4.03. The van der Waals surface area contributed by atoms with Gasteiger partial charge in [0.15, 0.2) is 11.5 Å². The minimum absolute atomic E-state index is 0.177. The van der Waals surface area contributed by atoms with Gasteiger partial charge in [-0.3, -0.25) is 4.79 Å². The average molecular weight is 381 g/mol. The number of ether oxygens (including phenoxy) is 2. The smallest absolute Gasteiger partial charge is 0.251 e. The zero-order valence-electron chi connectivity index (χ0n) is 16.9. The van der Waals surface area contributed by atoms with Crippen molar-refractivity contribution in [2.24, 2.45) is 5.92 Å². The molecule has 3 rings (SSSR count). The van der Waals surface area contributed by atoms with Crippen LogP contribution in [0.2, 0.25) is 0 Å². The van der Waals surface area contributed by atoms with E-state index in [0.29, 0.717) is 29.5 Å². The van der Waals surface area contributed by atoms with E-state index in [2.05, 4.69) is 29.8 Å². The number of fused-ring (bicyclic) bond motifs is 1. The number of carbonyl (C=O) groups is 1. The first kappa shape index (κ1) is 19.7. The average Bonchev–Trinajstić information content (AvgIpc) is 3.07. The molecule has 2 aromatic carbocycles. The van der Waals surface area contributed by atoms with E-state index < -0.39 is 0 Å². The Bertz CT molecular complexity index is 963. The third kappa shape index (κ3) is 4.27. The second kappa shape index (κ2) is 8.78. The third-order valence-corrected chi connectivity index (χ3v) is 4.72. The van der Waals surface area contributed by atoms with Crippen molar-refractivity contribution in [3.63, 3.8) is 0 Å². The Morgan fingerprint density at radius 3 is 2.57 bits per heavy atom. The maximum Gasteiger partial charge on any atom is 0.251 e. The van der Waals surface area contributed by atoms with Gasteiger partial charge in [0.05, 0.1) is 31.8 Å². The quantitative estimate of drug-likeness (QED) is 0.640. The van der Waals surface area contributed by atoms with Crippen molar-refractivity contribution in [2.45, 2.75) is 33.4 Å². The van der Waals surface area contributed by atoms with E-state index in [1.54, 1.807) is 32.4 Å². The van der Waals surface area contributed by atoms with Crippen LogP contribution in [-0.4, -0.2) is 29.7 Å². The minimum atomic E-state index is -0.177. The monoisotopic (exact) mass is 381 g/mol. The molecule has 6 heteroatoms. The number of para-hydroxylation sites is 2. The maximum atomic E-state index is 12.6. The Balaban J connectivity index is 1.79. The van der Waals surface area contributed by atoms with E-state index in [4.69, 9.17) is 14.5 Å². The van der Waals surface area contributed by atoms with Gasteiger partial charge in [0.2, 0.25) is 0 Å². The molecule has 3 aromatic rings. The number of amides is 1. The molecule has 0 radical (unpaired) electrons. The number of carbonyl (C=O) groups excluding carboxylic acids is 1. The fourth-order valence-corrected chi connectivity index (χ4v) is 3.14. The van der Waals surface area contributed by atoms with Crippen LogP contribution in [0.25, 0.3) is 11.0 Å². The molecule has 0 aliphatic rings. The van der Waals surface area contributed by atoms with Crippen LogP contribution < -0.4 is 14.8 Å². The largest absolute Gasteiger partial charge is 0.493 e. The van der Waals surface area contributed by atoms with E-state index in [-0.39, 0.29) is 5.91 Å². The van der Waals surface area contributed by atoms with E-state index >= 15 is 0 Å². The Kier molecular flexibility index (Phi) is 6.19. The van der Waals surface area contributed by atoms with Gasteiger partial charge in [-0.15, -0.1) is 0 Å². The van der Waals surface area contributed by atoms with Gasteiger partial charge >= 0.3 is 0 Å². The highest BCUT2D eigenvalue weighted by Crippen LogP contribution is 2.27. The van der Waals surface area contributed by atoms with Crippen molar-refractivity contribution in [3.8, 4) is 11.5 Å². The van der Waals surface area contributed by atoms with Gasteiger partial charge in [0.1, 0.15) is 5.82 Å². The van der Waals surface area contributed by atoms with E-state index in [1.807, 2.05) is 18.2 Å². The van der Waals surface area contributed by atoms with Gasteiger partial charge in [0.25, 0.3) is 5.91 Å². The van der Waals surface area contributed by atoms with Gasteiger partial charge < -0.3 is 19.4 Å². The van der Waals surface area contributed by atoms with Crippen molar-refractivity contribution >= 4 is 16.9 Å². The summed E-state index contributed by atoms with van der Waals surface area (Å²) in [5.74, 6) is 2.39. The van der Waals surface area contributed by atoms with Gasteiger partial charge in [-0.2, -0.15) is 0 Å². The highest BCUT2D eigenvalue weighted by Gasteiger charge is 2.14. The van der Waals surface area contributed by atoms with Crippen LogP contribution in [0.1, 0.15) is 36.5 Å². The predicted molar refractivity (Wildman–Crippen MR) is 110 cm³/mol. The Morgan fingerprint density at radius 1 is 1.11 bits per heavy atom. The number of aromatic nitrogens is 2. The van der Waals surface area contributed by atoms with Crippen LogP contribution in [0.4, 0.5) is 0 Å². The molecule has 0 aliphatic heterocycles. The topological polar surface area (TPSA) is 65.4 Å². The molecule has 6 nitrogen and oxygen atoms in total. The van der Waals surface area contributed by atoms with Crippen LogP contribution >= 0.6 is 0 Å². The molecule has 148 valence electrons. The summed E-state index contributed by atoms with van der Waals surface area (Å²) in [5.41, 5.74) is 2.56. The number of methoxy groups -OCH3 is 2. The summed E-state index contributed by atoms with van der Waals surface area (Å²) >= 11 is 0. The van der Waals surface area contributed by atoms with Crippen molar-refractivity contribution in [3.05, 3.63) is 53.9 Å². The standard InChI is InChI=1S/C22H27N3O3/c1-15(2)11-12-25-18-8-6-5-7-17(18)24-21(25)14-23-22(26)16-9-10-19(27-3)20(13-16)28-4/h5-10,13,15H,11-12,14H2,1-4H3,(H,23,26). The summed E-state index contributed by atoms with van der Waals surface area (Å²) < 4.78 is 12.7. The highest BCUT2D eigenvalue weighted by atomic mass is 16.5. The summed E-state index contributed by atoms with van der Waals surface area (Å²) in [4.78, 5) is 17.4. The molecule has 1 amide bonds. The van der Waals surface area contributed by atoms with Gasteiger partial charge in [-0.05, 0) is 42.7 Å². The SMILES string of the molecule is COc1ccc(C(=O)NCc2nc3ccccc3n2CCC(C)C)cc1OC. The van der Waals surface area contributed by atoms with Crippen LogP contribution in [0.15, 0.2) is 42.5 Å². The number of imidazole rings is 1. The molecule has 0 bridgehead atoms. The first-order valence-corrected chi connectivity index (χ1v) is 9.47. The number of hydrogen-bond acceptors (Lipinski definition) is 4. The first-order chi connectivity index (χ1) is 13.5. The van der Waals surface area contributed by atoms with Crippen LogP contribution in [-0.2, 0) is 13.1 Å². The lowest BCUT2D eigenvalue weighted by atomic mass is 10.1. The molecule has 1 heterocycles. The lowest BCUT2D eigenvalue weighted by Gasteiger charge is -2.12. The Labute approximate surface area is 165 Å². The summed E-state index contributed by atoms with van der Waals surface area (Å²) in [7, 11) is 3.12. The number of rotatable bonds is 8. The van der Waals surface area contributed by atoms with Gasteiger partial charge in [-0.1, -0.05) is 26.0 Å².